The van der Waals surface area contributed by atoms with Crippen LogP contribution in [0.1, 0.15) is 15.9 Å². The lowest BCUT2D eigenvalue weighted by Gasteiger charge is -2.11. The van der Waals surface area contributed by atoms with E-state index in [1.54, 1.807) is 0 Å². The molecule has 0 saturated carbocycles. The number of amides is 1. The summed E-state index contributed by atoms with van der Waals surface area (Å²) in [5, 5.41) is 2.19. The highest BCUT2D eigenvalue weighted by Crippen LogP contribution is 2.23. The monoisotopic (exact) mass is 278 g/mol. The molecule has 1 amide bonds. The van der Waals surface area contributed by atoms with Gasteiger partial charge in [-0.2, -0.15) is 0 Å². The van der Waals surface area contributed by atoms with Gasteiger partial charge in [-0.25, -0.2) is 19.6 Å². The maximum atomic E-state index is 13.8. The van der Waals surface area contributed by atoms with Crippen molar-refractivity contribution in [2.24, 2.45) is 5.84 Å². The number of nitrogens with zero attached hydrogens (tertiary/aromatic N) is 1. The van der Waals surface area contributed by atoms with Crippen molar-refractivity contribution >= 4 is 17.4 Å². The number of carbonyl (C=O) groups is 1. The first-order chi connectivity index (χ1) is 9.54. The van der Waals surface area contributed by atoms with Crippen LogP contribution in [0.25, 0.3) is 0 Å². The number of nitrogens with one attached hydrogen (secondary N) is 2. The lowest BCUT2D eigenvalue weighted by Crippen LogP contribution is -2.19. The fraction of sp³-hybridized carbons (Fsp3) is 0.0769. The number of nitrogen functional groups attached to an aromatic ring is 1. The molecule has 5 nitrogen and oxygen atoms in total. The van der Waals surface area contributed by atoms with E-state index in [2.05, 4.69) is 15.7 Å². The molecule has 20 heavy (non-hydrogen) atoms. The van der Waals surface area contributed by atoms with Crippen molar-refractivity contribution in [3.63, 3.8) is 0 Å². The first-order valence-corrected chi connectivity index (χ1v) is 5.72. The summed E-state index contributed by atoms with van der Waals surface area (Å²) in [4.78, 5) is 15.9. The summed E-state index contributed by atoms with van der Waals surface area (Å²) in [6.45, 7) is 1.47. The molecule has 0 aliphatic heterocycles. The van der Waals surface area contributed by atoms with Crippen LogP contribution < -0.4 is 16.6 Å². The second kappa shape index (κ2) is 5.62. The van der Waals surface area contributed by atoms with E-state index in [0.29, 0.717) is 0 Å². The molecular weight excluding hydrogens is 266 g/mol. The molecule has 0 spiro atoms. The number of hydrogen-bond acceptors (Lipinski definition) is 4. The average molecular weight is 278 g/mol. The third kappa shape index (κ3) is 2.57. The molecule has 0 unspecified atom stereocenters. The zero-order valence-electron chi connectivity index (χ0n) is 10.6. The molecule has 2 rings (SSSR count). The van der Waals surface area contributed by atoms with E-state index in [1.165, 1.54) is 31.3 Å². The molecule has 1 heterocycles. The van der Waals surface area contributed by atoms with Gasteiger partial charge in [-0.05, 0) is 30.7 Å². The number of benzene rings is 1. The number of rotatable bonds is 3. The van der Waals surface area contributed by atoms with Gasteiger partial charge >= 0.3 is 0 Å². The largest absolute Gasteiger partial charge is 0.317 e. The molecule has 4 N–H and O–H groups in total. The van der Waals surface area contributed by atoms with Gasteiger partial charge in [0.25, 0.3) is 5.91 Å². The predicted molar refractivity (Wildman–Crippen MR) is 71.1 cm³/mol. The minimum Gasteiger partial charge on any atom is -0.317 e. The summed E-state index contributed by atoms with van der Waals surface area (Å²) in [6.07, 6.45) is 1.43. The Labute approximate surface area is 113 Å². The molecule has 0 radical (unpaired) electrons. The van der Waals surface area contributed by atoms with Gasteiger partial charge in [0, 0.05) is 6.20 Å². The molecule has 0 aliphatic carbocycles. The molecule has 7 heteroatoms. The first kappa shape index (κ1) is 13.9. The van der Waals surface area contributed by atoms with Gasteiger partial charge in [-0.1, -0.05) is 6.07 Å². The average Bonchev–Trinajstić information content (AvgIpc) is 2.47. The van der Waals surface area contributed by atoms with Crippen LogP contribution >= 0.6 is 0 Å². The number of hydrogen-bond donors (Lipinski definition) is 3. The first-order valence-electron chi connectivity index (χ1n) is 5.72. The highest BCUT2D eigenvalue weighted by molar-refractivity contribution is 6.07. The van der Waals surface area contributed by atoms with Gasteiger partial charge < -0.3 is 10.7 Å². The smallest absolute Gasteiger partial charge is 0.259 e. The van der Waals surface area contributed by atoms with E-state index in [4.69, 9.17) is 5.84 Å². The number of pyridine rings is 1. The summed E-state index contributed by atoms with van der Waals surface area (Å²) in [6, 6.07) is 5.32. The lowest BCUT2D eigenvalue weighted by molar-refractivity contribution is 0.102. The molecule has 1 aromatic carbocycles. The van der Waals surface area contributed by atoms with Crippen LogP contribution in [0.5, 0.6) is 0 Å². The summed E-state index contributed by atoms with van der Waals surface area (Å²) in [5.74, 6) is 2.95. The third-order valence-corrected chi connectivity index (χ3v) is 2.71. The molecule has 0 aliphatic rings. The zero-order chi connectivity index (χ0) is 14.7. The Morgan fingerprint density at radius 2 is 2.05 bits per heavy atom. The van der Waals surface area contributed by atoms with Crippen LogP contribution in [0.2, 0.25) is 0 Å². The number of aryl methyl sites for hydroxylation is 1. The molecule has 0 fully saturated rings. The summed E-state index contributed by atoms with van der Waals surface area (Å²) >= 11 is 0. The van der Waals surface area contributed by atoms with Crippen LogP contribution in [0.3, 0.4) is 0 Å². The Hall–Kier alpha value is -2.54. The van der Waals surface area contributed by atoms with Crippen molar-refractivity contribution in [1.82, 2.24) is 4.98 Å². The Balaban J connectivity index is 2.35. The highest BCUT2D eigenvalue weighted by Gasteiger charge is 2.17. The van der Waals surface area contributed by atoms with Crippen LogP contribution in [0, 0.1) is 18.6 Å². The number of anilines is 2. The number of aromatic nitrogens is 1. The van der Waals surface area contributed by atoms with E-state index in [0.717, 1.165) is 6.07 Å². The molecule has 0 bridgehead atoms. The minimum atomic E-state index is -0.854. The molecule has 104 valence electrons. The van der Waals surface area contributed by atoms with Gasteiger partial charge in [-0.3, -0.25) is 4.79 Å². The van der Waals surface area contributed by atoms with Gasteiger partial charge in [0.15, 0.2) is 11.6 Å². The van der Waals surface area contributed by atoms with E-state index in [1.807, 2.05) is 0 Å². The number of carbonyl (C=O) groups excluding carboxylic acids is 1. The van der Waals surface area contributed by atoms with Crippen molar-refractivity contribution in [1.29, 1.82) is 0 Å². The van der Waals surface area contributed by atoms with Crippen LogP contribution in [-0.2, 0) is 0 Å². The Bertz CT molecular complexity index is 661. The Kier molecular flexibility index (Phi) is 3.90. The Morgan fingerprint density at radius 3 is 2.75 bits per heavy atom. The maximum Gasteiger partial charge on any atom is 0.259 e. The molecule has 1 aromatic heterocycles. The van der Waals surface area contributed by atoms with Gasteiger partial charge in [-0.15, -0.1) is 0 Å². The summed E-state index contributed by atoms with van der Waals surface area (Å²) in [7, 11) is 0. The zero-order valence-corrected chi connectivity index (χ0v) is 10.6. The van der Waals surface area contributed by atoms with Crippen molar-refractivity contribution in [3.05, 3.63) is 53.2 Å². The lowest BCUT2D eigenvalue weighted by atomic mass is 10.1. The summed E-state index contributed by atoms with van der Waals surface area (Å²) in [5.41, 5.74) is 2.05. The minimum absolute atomic E-state index is 0.0790. The van der Waals surface area contributed by atoms with Gasteiger partial charge in [0.1, 0.15) is 11.5 Å². The number of nitrogens with two attached hydrogens (primary N) is 1. The highest BCUT2D eigenvalue weighted by atomic mass is 19.1. The number of hydrazine groups is 1. The topological polar surface area (TPSA) is 80.0 Å². The Morgan fingerprint density at radius 1 is 1.30 bits per heavy atom. The van der Waals surface area contributed by atoms with E-state index >= 15 is 0 Å². The quantitative estimate of drug-likeness (QED) is 0.594. The molecule has 2 aromatic rings. The van der Waals surface area contributed by atoms with Crippen molar-refractivity contribution in [2.75, 3.05) is 10.7 Å². The van der Waals surface area contributed by atoms with Crippen LogP contribution in [0.15, 0.2) is 30.5 Å². The normalized spacial score (nSPS) is 10.2. The van der Waals surface area contributed by atoms with E-state index in [9.17, 15) is 13.6 Å². The van der Waals surface area contributed by atoms with E-state index in [-0.39, 0.29) is 16.9 Å². The second-order valence-electron chi connectivity index (χ2n) is 4.05. The summed E-state index contributed by atoms with van der Waals surface area (Å²) < 4.78 is 27.4. The second-order valence-corrected chi connectivity index (χ2v) is 4.05. The van der Waals surface area contributed by atoms with Gasteiger partial charge in [0.2, 0.25) is 0 Å². The fourth-order valence-corrected chi connectivity index (χ4v) is 1.66. The fourth-order valence-electron chi connectivity index (χ4n) is 1.66. The standard InChI is InChI=1S/C13H12F2N4O/c1-7-4-5-9(14)11(10(7)15)18-13(20)8-3-2-6-17-12(8)19-16/h2-6H,16H2,1H3,(H,17,19)(H,18,20). The maximum absolute atomic E-state index is 13.8. The SMILES string of the molecule is Cc1ccc(F)c(NC(=O)c2cccnc2NN)c1F. The number of halogens is 2. The van der Waals surface area contributed by atoms with Crippen LogP contribution in [0.4, 0.5) is 20.3 Å². The third-order valence-electron chi connectivity index (χ3n) is 2.71. The van der Waals surface area contributed by atoms with E-state index < -0.39 is 23.2 Å². The molecular formula is C13H12F2N4O. The van der Waals surface area contributed by atoms with Crippen molar-refractivity contribution in [2.45, 2.75) is 6.92 Å². The van der Waals surface area contributed by atoms with Gasteiger partial charge in [0.05, 0.1) is 5.56 Å². The van der Waals surface area contributed by atoms with Crippen LogP contribution in [-0.4, -0.2) is 10.9 Å². The van der Waals surface area contributed by atoms with Crippen molar-refractivity contribution in [3.8, 4) is 0 Å². The van der Waals surface area contributed by atoms with Crippen molar-refractivity contribution < 1.29 is 13.6 Å². The molecule has 0 atom stereocenters. The molecule has 0 saturated heterocycles. The predicted octanol–water partition coefficient (Wildman–Crippen LogP) is 2.21.